The van der Waals surface area contributed by atoms with Crippen LogP contribution in [-0.4, -0.2) is 14.1 Å². The zero-order chi connectivity index (χ0) is 39.2. The van der Waals surface area contributed by atoms with Crippen molar-refractivity contribution < 1.29 is 0 Å². The van der Waals surface area contributed by atoms with E-state index in [1.807, 2.05) is 0 Å². The van der Waals surface area contributed by atoms with Gasteiger partial charge in [0.1, 0.15) is 0 Å². The molecule has 0 aliphatic carbocycles. The van der Waals surface area contributed by atoms with E-state index in [0.717, 1.165) is 30.3 Å². The van der Waals surface area contributed by atoms with Gasteiger partial charge in [0.05, 0.1) is 22.1 Å². The highest BCUT2D eigenvalue weighted by molar-refractivity contribution is 6.15. The number of para-hydroxylation sites is 4. The summed E-state index contributed by atoms with van der Waals surface area (Å²) in [6, 6.07) is 61.8. The summed E-state index contributed by atoms with van der Waals surface area (Å²) in [6.07, 6.45) is 5.71. The Bertz CT molecular complexity index is 3460. The van der Waals surface area contributed by atoms with Crippen LogP contribution in [0.5, 0.6) is 0 Å². The number of nitrogens with one attached hydrogen (secondary N) is 1. The third kappa shape index (κ3) is 5.14. The highest BCUT2D eigenvalue weighted by Crippen LogP contribution is 2.48. The van der Waals surface area contributed by atoms with Gasteiger partial charge in [-0.2, -0.15) is 0 Å². The van der Waals surface area contributed by atoms with E-state index >= 15 is 0 Å². The Morgan fingerprint density at radius 2 is 1.02 bits per heavy atom. The van der Waals surface area contributed by atoms with Crippen LogP contribution in [0.1, 0.15) is 62.1 Å². The van der Waals surface area contributed by atoms with Gasteiger partial charge in [0.25, 0.3) is 0 Å². The van der Waals surface area contributed by atoms with Gasteiger partial charge in [-0.25, -0.2) is 0 Å². The molecular formula is C56H45N3. The molecule has 1 N–H and O–H groups in total. The number of nitrogens with zero attached hydrogens (tertiary/aromatic N) is 2. The smallest absolute Gasteiger partial charge is 0.0579 e. The van der Waals surface area contributed by atoms with Gasteiger partial charge in [-0.1, -0.05) is 118 Å². The number of aryl methyl sites for hydroxylation is 1. The normalized spacial score (nSPS) is 13.8. The van der Waals surface area contributed by atoms with E-state index in [0.29, 0.717) is 5.92 Å². The maximum atomic E-state index is 3.75. The SMILES string of the molecule is CCCCc1ccccc1-n1c2ccccc2c2cc(-c3ccc4[nH]c5ccc(-c6cc7c8c(c6)c6ccccc6n8-c6ccccc6C7CCC)cc5c4c3)ccc21. The summed E-state index contributed by atoms with van der Waals surface area (Å²) in [5.74, 6) is 0.358. The quantitative estimate of drug-likeness (QED) is 0.160. The Labute approximate surface area is 344 Å². The lowest BCUT2D eigenvalue weighted by molar-refractivity contribution is 0.689. The second-order valence-corrected chi connectivity index (χ2v) is 16.7. The van der Waals surface area contributed by atoms with Crippen LogP contribution in [0.15, 0.2) is 164 Å². The van der Waals surface area contributed by atoms with E-state index in [-0.39, 0.29) is 0 Å². The minimum absolute atomic E-state index is 0.358. The second kappa shape index (κ2) is 13.4. The van der Waals surface area contributed by atoms with Crippen LogP contribution in [0.25, 0.3) is 99.0 Å². The maximum absolute atomic E-state index is 3.75. The van der Waals surface area contributed by atoms with Crippen molar-refractivity contribution in [2.75, 3.05) is 0 Å². The van der Waals surface area contributed by atoms with Crippen molar-refractivity contribution in [2.45, 2.75) is 51.9 Å². The van der Waals surface area contributed by atoms with Gasteiger partial charge >= 0.3 is 0 Å². The number of benzene rings is 8. The van der Waals surface area contributed by atoms with Crippen molar-refractivity contribution >= 4 is 65.4 Å². The van der Waals surface area contributed by atoms with Gasteiger partial charge in [0.15, 0.2) is 0 Å². The van der Waals surface area contributed by atoms with E-state index in [4.69, 9.17) is 0 Å². The van der Waals surface area contributed by atoms with Crippen LogP contribution in [0.2, 0.25) is 0 Å². The lowest BCUT2D eigenvalue weighted by atomic mass is 9.82. The van der Waals surface area contributed by atoms with E-state index in [1.165, 1.54) is 118 Å². The van der Waals surface area contributed by atoms with Crippen LogP contribution < -0.4 is 0 Å². The van der Waals surface area contributed by atoms with Gasteiger partial charge in [-0.05, 0) is 131 Å². The Hall–Kier alpha value is -6.84. The number of aromatic amines is 1. The summed E-state index contributed by atoms with van der Waals surface area (Å²) in [5, 5.41) is 7.74. The van der Waals surface area contributed by atoms with Crippen LogP contribution in [-0.2, 0) is 6.42 Å². The van der Waals surface area contributed by atoms with Crippen LogP contribution in [0, 0.1) is 0 Å². The highest BCUT2D eigenvalue weighted by Gasteiger charge is 2.29. The third-order valence-corrected chi connectivity index (χ3v) is 13.3. The van der Waals surface area contributed by atoms with Gasteiger partial charge in [0, 0.05) is 60.6 Å². The lowest BCUT2D eigenvalue weighted by Gasteiger charge is -2.29. The van der Waals surface area contributed by atoms with Crippen LogP contribution in [0.3, 0.4) is 0 Å². The minimum Gasteiger partial charge on any atom is -0.355 e. The van der Waals surface area contributed by atoms with Crippen molar-refractivity contribution in [1.29, 1.82) is 0 Å². The molecule has 0 saturated heterocycles. The topological polar surface area (TPSA) is 25.6 Å². The molecule has 8 aromatic carbocycles. The molecule has 0 fully saturated rings. The number of fused-ring (bicyclic) bond motifs is 11. The molecule has 3 nitrogen and oxygen atoms in total. The molecule has 284 valence electrons. The standard InChI is InChI=1S/C56H45N3/c1-3-5-15-35-16-6-10-20-51(35)58-52-21-11-8-18-42(52)46-32-37(26-29-55(46)58)36-24-27-49-44(30-36)45-31-38(25-28-50(45)57-49)39-33-47-40(14-4-2)41-17-7-12-22-53(41)59-54-23-13-9-19-43(54)48(34-39)56(47)59/h6-13,16-34,40,57H,3-5,14-15H2,1-2H3. The number of unbranched alkanes of at least 4 members (excludes halogenated alkanes) is 1. The summed E-state index contributed by atoms with van der Waals surface area (Å²) in [7, 11) is 0. The Morgan fingerprint density at radius 1 is 0.441 bits per heavy atom. The Kier molecular flexibility index (Phi) is 7.75. The first-order valence-electron chi connectivity index (χ1n) is 21.5. The second-order valence-electron chi connectivity index (χ2n) is 16.7. The predicted molar refractivity (Wildman–Crippen MR) is 251 cm³/mol. The molecular weight excluding hydrogens is 715 g/mol. The largest absolute Gasteiger partial charge is 0.355 e. The molecule has 0 amide bonds. The van der Waals surface area contributed by atoms with Crippen molar-refractivity contribution in [3.8, 4) is 33.6 Å². The summed E-state index contributed by atoms with van der Waals surface area (Å²) >= 11 is 0. The van der Waals surface area contributed by atoms with Crippen molar-refractivity contribution in [2.24, 2.45) is 0 Å². The fourth-order valence-electron chi connectivity index (χ4n) is 10.5. The maximum Gasteiger partial charge on any atom is 0.0579 e. The molecule has 12 rings (SSSR count). The average Bonchev–Trinajstić information content (AvgIpc) is 3.94. The van der Waals surface area contributed by atoms with Gasteiger partial charge in [-0.15, -0.1) is 0 Å². The monoisotopic (exact) mass is 759 g/mol. The molecule has 59 heavy (non-hydrogen) atoms. The van der Waals surface area contributed by atoms with Gasteiger partial charge in [0.2, 0.25) is 0 Å². The molecule has 0 bridgehead atoms. The van der Waals surface area contributed by atoms with Crippen molar-refractivity contribution in [1.82, 2.24) is 14.1 Å². The number of rotatable bonds is 8. The zero-order valence-corrected chi connectivity index (χ0v) is 33.6. The average molecular weight is 760 g/mol. The minimum atomic E-state index is 0.358. The number of H-pyrrole nitrogens is 1. The van der Waals surface area contributed by atoms with Crippen molar-refractivity contribution in [3.63, 3.8) is 0 Å². The Morgan fingerprint density at radius 3 is 1.76 bits per heavy atom. The molecule has 0 radical (unpaired) electrons. The summed E-state index contributed by atoms with van der Waals surface area (Å²) < 4.78 is 5.01. The molecule has 1 unspecified atom stereocenters. The number of hydrogen-bond acceptors (Lipinski definition) is 0. The van der Waals surface area contributed by atoms with E-state index < -0.39 is 0 Å². The molecule has 11 aromatic rings. The summed E-state index contributed by atoms with van der Waals surface area (Å²) in [5.41, 5.74) is 19.4. The highest BCUT2D eigenvalue weighted by atomic mass is 15.0. The van der Waals surface area contributed by atoms with Gasteiger partial charge < -0.3 is 14.1 Å². The zero-order valence-electron chi connectivity index (χ0n) is 33.6. The van der Waals surface area contributed by atoms with E-state index in [2.05, 4.69) is 192 Å². The van der Waals surface area contributed by atoms with Crippen molar-refractivity contribution in [3.05, 3.63) is 180 Å². The fourth-order valence-corrected chi connectivity index (χ4v) is 10.5. The summed E-state index contributed by atoms with van der Waals surface area (Å²) in [6.45, 7) is 4.59. The molecule has 1 atom stereocenters. The molecule has 1 aliphatic rings. The lowest BCUT2D eigenvalue weighted by Crippen LogP contribution is -2.13. The van der Waals surface area contributed by atoms with Crippen LogP contribution in [0.4, 0.5) is 0 Å². The summed E-state index contributed by atoms with van der Waals surface area (Å²) in [4.78, 5) is 3.75. The van der Waals surface area contributed by atoms with E-state index in [9.17, 15) is 0 Å². The first-order valence-corrected chi connectivity index (χ1v) is 21.5. The number of aromatic nitrogens is 3. The third-order valence-electron chi connectivity index (χ3n) is 13.3. The molecule has 0 spiro atoms. The molecule has 3 heteroatoms. The Balaban J connectivity index is 1.01. The molecule has 0 saturated carbocycles. The predicted octanol–water partition coefficient (Wildman–Crippen LogP) is 15.4. The first-order chi connectivity index (χ1) is 29.2. The molecule has 1 aliphatic heterocycles. The van der Waals surface area contributed by atoms with Crippen LogP contribution >= 0.6 is 0 Å². The molecule has 3 aromatic heterocycles. The fraction of sp³-hybridized carbons (Fsp3) is 0.143. The first kappa shape index (κ1) is 34.2. The van der Waals surface area contributed by atoms with E-state index in [1.54, 1.807) is 0 Å². The van der Waals surface area contributed by atoms with Gasteiger partial charge in [-0.3, -0.25) is 0 Å². The number of hydrogen-bond donors (Lipinski definition) is 1. The molecule has 4 heterocycles.